The Hall–Kier alpha value is -2.21. The molecule has 0 unspecified atom stereocenters. The van der Waals surface area contributed by atoms with E-state index in [1.165, 1.54) is 0 Å². The van der Waals surface area contributed by atoms with Crippen molar-refractivity contribution in [3.05, 3.63) is 47.5 Å². The van der Waals surface area contributed by atoms with Gasteiger partial charge >= 0.3 is 0 Å². The number of rotatable bonds is 3. The van der Waals surface area contributed by atoms with Gasteiger partial charge in [-0.15, -0.1) is 0 Å². The van der Waals surface area contributed by atoms with E-state index >= 15 is 0 Å². The van der Waals surface area contributed by atoms with Crippen LogP contribution >= 0.6 is 0 Å². The minimum absolute atomic E-state index is 0.230. The first-order valence-electron chi connectivity index (χ1n) is 6.60. The first kappa shape index (κ1) is 13.8. The highest BCUT2D eigenvalue weighted by atomic mass is 32.2. The van der Waals surface area contributed by atoms with Crippen LogP contribution in [0.4, 0.5) is 11.4 Å². The zero-order valence-electron chi connectivity index (χ0n) is 11.6. The van der Waals surface area contributed by atoms with E-state index in [1.54, 1.807) is 36.4 Å². The standard InChI is InChI=1S/C15H16N2O3S/c1-10-2-3-12(16)9-14(10)17-21(18,19)13-4-5-15-11(8-13)6-7-20-15/h2-5,8-9,17H,6-7,16H2,1H3. The second-order valence-electron chi connectivity index (χ2n) is 5.05. The molecular formula is C15H16N2O3S. The topological polar surface area (TPSA) is 81.4 Å². The Morgan fingerprint density at radius 1 is 1.19 bits per heavy atom. The number of sulfonamides is 1. The second-order valence-corrected chi connectivity index (χ2v) is 6.73. The smallest absolute Gasteiger partial charge is 0.261 e. The van der Waals surface area contributed by atoms with Crippen LogP contribution in [0, 0.1) is 6.92 Å². The molecule has 0 aliphatic carbocycles. The van der Waals surface area contributed by atoms with Crippen LogP contribution in [-0.2, 0) is 16.4 Å². The molecule has 3 rings (SSSR count). The molecule has 2 aromatic rings. The third-order valence-corrected chi connectivity index (χ3v) is 4.84. The van der Waals surface area contributed by atoms with E-state index in [0.29, 0.717) is 18.0 Å². The molecule has 110 valence electrons. The van der Waals surface area contributed by atoms with Gasteiger partial charge in [-0.1, -0.05) is 6.07 Å². The van der Waals surface area contributed by atoms with Crippen molar-refractivity contribution in [2.24, 2.45) is 0 Å². The number of anilines is 2. The van der Waals surface area contributed by atoms with Crippen molar-refractivity contribution in [2.45, 2.75) is 18.2 Å². The van der Waals surface area contributed by atoms with E-state index in [-0.39, 0.29) is 4.90 Å². The molecule has 0 spiro atoms. The van der Waals surface area contributed by atoms with Gasteiger partial charge in [-0.2, -0.15) is 0 Å². The summed E-state index contributed by atoms with van der Waals surface area (Å²) >= 11 is 0. The Balaban J connectivity index is 1.95. The van der Waals surface area contributed by atoms with Gasteiger partial charge in [0.05, 0.1) is 17.2 Å². The molecule has 0 atom stereocenters. The van der Waals surface area contributed by atoms with Crippen molar-refractivity contribution in [1.82, 2.24) is 0 Å². The molecule has 0 bridgehead atoms. The predicted molar refractivity (Wildman–Crippen MR) is 82.0 cm³/mol. The van der Waals surface area contributed by atoms with Crippen LogP contribution < -0.4 is 15.2 Å². The van der Waals surface area contributed by atoms with Crippen LogP contribution in [0.15, 0.2) is 41.3 Å². The number of hydrogen-bond acceptors (Lipinski definition) is 4. The lowest BCUT2D eigenvalue weighted by atomic mass is 10.2. The van der Waals surface area contributed by atoms with Crippen molar-refractivity contribution >= 4 is 21.4 Å². The van der Waals surface area contributed by atoms with Crippen LogP contribution in [0.3, 0.4) is 0 Å². The highest BCUT2D eigenvalue weighted by Gasteiger charge is 2.20. The zero-order valence-corrected chi connectivity index (χ0v) is 12.4. The van der Waals surface area contributed by atoms with Gasteiger partial charge in [0.15, 0.2) is 0 Å². The largest absolute Gasteiger partial charge is 0.493 e. The van der Waals surface area contributed by atoms with Crippen molar-refractivity contribution in [3.63, 3.8) is 0 Å². The molecule has 0 fully saturated rings. The highest BCUT2D eigenvalue weighted by molar-refractivity contribution is 7.92. The van der Waals surface area contributed by atoms with Crippen molar-refractivity contribution in [3.8, 4) is 5.75 Å². The maximum atomic E-state index is 12.5. The van der Waals surface area contributed by atoms with Crippen LogP contribution in [-0.4, -0.2) is 15.0 Å². The van der Waals surface area contributed by atoms with E-state index in [9.17, 15) is 8.42 Å². The Morgan fingerprint density at radius 3 is 2.81 bits per heavy atom. The van der Waals surface area contributed by atoms with Crippen LogP contribution in [0.5, 0.6) is 5.75 Å². The van der Waals surface area contributed by atoms with Crippen LogP contribution in [0.1, 0.15) is 11.1 Å². The first-order valence-corrected chi connectivity index (χ1v) is 8.09. The van der Waals surface area contributed by atoms with Gasteiger partial charge in [0.2, 0.25) is 0 Å². The Labute approximate surface area is 123 Å². The number of benzene rings is 2. The molecule has 0 aromatic heterocycles. The third-order valence-electron chi connectivity index (χ3n) is 3.48. The van der Waals surface area contributed by atoms with Gasteiger partial charge in [-0.3, -0.25) is 4.72 Å². The van der Waals surface area contributed by atoms with E-state index in [4.69, 9.17) is 10.5 Å². The number of nitrogen functional groups attached to an aromatic ring is 1. The molecule has 1 aliphatic rings. The average molecular weight is 304 g/mol. The summed E-state index contributed by atoms with van der Waals surface area (Å²) in [6.45, 7) is 2.43. The van der Waals surface area contributed by atoms with Crippen LogP contribution in [0.2, 0.25) is 0 Å². The molecule has 1 aliphatic heterocycles. The summed E-state index contributed by atoms with van der Waals surface area (Å²) in [7, 11) is -3.64. The fourth-order valence-corrected chi connectivity index (χ4v) is 3.46. The maximum absolute atomic E-state index is 12.5. The molecule has 0 amide bonds. The average Bonchev–Trinajstić information content (AvgIpc) is 2.90. The molecule has 3 N–H and O–H groups in total. The quantitative estimate of drug-likeness (QED) is 0.853. The summed E-state index contributed by atoms with van der Waals surface area (Å²) in [5, 5.41) is 0. The SMILES string of the molecule is Cc1ccc(N)cc1NS(=O)(=O)c1ccc2c(c1)CCO2. The Morgan fingerprint density at radius 2 is 2.00 bits per heavy atom. The van der Waals surface area contributed by atoms with E-state index in [2.05, 4.69) is 4.72 Å². The van der Waals surface area contributed by atoms with Gasteiger partial charge in [0.1, 0.15) is 5.75 Å². The fraction of sp³-hybridized carbons (Fsp3) is 0.200. The molecule has 2 aromatic carbocycles. The molecule has 0 saturated carbocycles. The minimum Gasteiger partial charge on any atom is -0.493 e. The van der Waals surface area contributed by atoms with Crippen molar-refractivity contribution in [2.75, 3.05) is 17.1 Å². The van der Waals surface area contributed by atoms with E-state index in [0.717, 1.165) is 23.3 Å². The van der Waals surface area contributed by atoms with Gasteiger partial charge in [0.25, 0.3) is 10.0 Å². The van der Waals surface area contributed by atoms with Crippen molar-refractivity contribution in [1.29, 1.82) is 0 Å². The minimum atomic E-state index is -3.64. The lowest BCUT2D eigenvalue weighted by Gasteiger charge is -2.12. The van der Waals surface area contributed by atoms with E-state index < -0.39 is 10.0 Å². The molecule has 6 heteroatoms. The molecule has 1 heterocycles. The lowest BCUT2D eigenvalue weighted by Crippen LogP contribution is -2.14. The molecular weight excluding hydrogens is 288 g/mol. The lowest BCUT2D eigenvalue weighted by molar-refractivity contribution is 0.356. The Kier molecular flexibility index (Phi) is 3.25. The number of nitrogens with one attached hydrogen (secondary N) is 1. The molecule has 21 heavy (non-hydrogen) atoms. The number of fused-ring (bicyclic) bond motifs is 1. The predicted octanol–water partition coefficient (Wildman–Crippen LogP) is 2.31. The number of aryl methyl sites for hydroxylation is 1. The van der Waals surface area contributed by atoms with E-state index in [1.807, 2.05) is 6.92 Å². The molecule has 0 saturated heterocycles. The zero-order chi connectivity index (χ0) is 15.0. The Bertz CT molecular complexity index is 801. The second kappa shape index (κ2) is 4.96. The number of nitrogens with two attached hydrogens (primary N) is 1. The summed E-state index contributed by atoms with van der Waals surface area (Å²) in [5.41, 5.74) is 8.45. The highest BCUT2D eigenvalue weighted by Crippen LogP contribution is 2.29. The van der Waals surface area contributed by atoms with Gasteiger partial charge in [-0.25, -0.2) is 8.42 Å². The van der Waals surface area contributed by atoms with Crippen molar-refractivity contribution < 1.29 is 13.2 Å². The van der Waals surface area contributed by atoms with Crippen LogP contribution in [0.25, 0.3) is 0 Å². The monoisotopic (exact) mass is 304 g/mol. The van der Waals surface area contributed by atoms with Gasteiger partial charge < -0.3 is 10.5 Å². The summed E-state index contributed by atoms with van der Waals surface area (Å²) in [5.74, 6) is 0.758. The maximum Gasteiger partial charge on any atom is 0.261 e. The molecule has 5 nitrogen and oxygen atoms in total. The summed E-state index contributed by atoms with van der Waals surface area (Å²) in [6.07, 6.45) is 0.732. The number of ether oxygens (including phenoxy) is 1. The summed E-state index contributed by atoms with van der Waals surface area (Å²) in [6, 6.07) is 10.0. The summed E-state index contributed by atoms with van der Waals surface area (Å²) in [4.78, 5) is 0.230. The fourth-order valence-electron chi connectivity index (χ4n) is 2.28. The van der Waals surface area contributed by atoms with Gasteiger partial charge in [-0.05, 0) is 48.4 Å². The normalized spacial score (nSPS) is 13.6. The number of hydrogen-bond donors (Lipinski definition) is 2. The molecule has 0 radical (unpaired) electrons. The first-order chi connectivity index (χ1) is 9.95. The third kappa shape index (κ3) is 2.67. The summed E-state index contributed by atoms with van der Waals surface area (Å²) < 4.78 is 32.9. The van der Waals surface area contributed by atoms with Gasteiger partial charge in [0, 0.05) is 12.1 Å².